The molecule has 0 saturated heterocycles. The molecule has 0 N–H and O–H groups in total. The lowest BCUT2D eigenvalue weighted by molar-refractivity contribution is -0.134. The Morgan fingerprint density at radius 3 is 2.56 bits per heavy atom. The van der Waals surface area contributed by atoms with Crippen LogP contribution in [-0.4, -0.2) is 5.97 Å². The molecule has 27 heavy (non-hydrogen) atoms. The maximum atomic E-state index is 12.6. The first-order chi connectivity index (χ1) is 13.0. The Kier molecular flexibility index (Phi) is 5.97. The largest absolute Gasteiger partial charge is 0.425 e. The lowest BCUT2D eigenvalue weighted by atomic mass is 10.0. The molecule has 140 valence electrons. The molecule has 3 aromatic rings. The summed E-state index contributed by atoms with van der Waals surface area (Å²) < 4.78 is 11.1. The summed E-state index contributed by atoms with van der Waals surface area (Å²) in [6, 6.07) is 14.5. The lowest BCUT2D eigenvalue weighted by Crippen LogP contribution is -2.16. The van der Waals surface area contributed by atoms with Crippen LogP contribution in [0.3, 0.4) is 0 Å². The average Bonchev–Trinajstić information content (AvgIpc) is 2.63. The predicted molar refractivity (Wildman–Crippen MR) is 106 cm³/mol. The number of hydrogen-bond donors (Lipinski definition) is 0. The number of ether oxygens (including phenoxy) is 1. The number of esters is 1. The van der Waals surface area contributed by atoms with Gasteiger partial charge in [-0.3, -0.25) is 4.79 Å². The molecule has 0 atom stereocenters. The minimum atomic E-state index is -0.528. The first-order valence-corrected chi connectivity index (χ1v) is 9.32. The lowest BCUT2D eigenvalue weighted by Gasteiger charge is -2.13. The number of fused-ring (bicyclic) bond motifs is 1. The van der Waals surface area contributed by atoms with E-state index in [1.807, 2.05) is 44.2 Å². The van der Waals surface area contributed by atoms with Crippen molar-refractivity contribution in [3.63, 3.8) is 0 Å². The van der Waals surface area contributed by atoms with E-state index in [1.165, 1.54) is 0 Å². The highest BCUT2D eigenvalue weighted by atomic mass is 35.5. The zero-order valence-corrected chi connectivity index (χ0v) is 16.1. The molecule has 0 aliphatic heterocycles. The van der Waals surface area contributed by atoms with Crippen LogP contribution in [0.5, 0.6) is 5.75 Å². The van der Waals surface area contributed by atoms with Crippen molar-refractivity contribution in [1.29, 1.82) is 0 Å². The van der Waals surface area contributed by atoms with Crippen LogP contribution in [0.25, 0.3) is 11.0 Å². The van der Waals surface area contributed by atoms with Gasteiger partial charge < -0.3 is 9.15 Å². The molecule has 0 unspecified atom stereocenters. The van der Waals surface area contributed by atoms with Gasteiger partial charge in [0.2, 0.25) is 0 Å². The van der Waals surface area contributed by atoms with E-state index in [1.54, 1.807) is 18.2 Å². The summed E-state index contributed by atoms with van der Waals surface area (Å²) >= 11 is 6.35. The van der Waals surface area contributed by atoms with E-state index >= 15 is 0 Å². The maximum Gasteiger partial charge on any atom is 0.343 e. The van der Waals surface area contributed by atoms with Crippen molar-refractivity contribution in [3.8, 4) is 5.75 Å². The Labute approximate surface area is 162 Å². The van der Waals surface area contributed by atoms with Crippen LogP contribution < -0.4 is 10.4 Å². The highest BCUT2D eigenvalue weighted by Crippen LogP contribution is 2.35. The van der Waals surface area contributed by atoms with Gasteiger partial charge in [0.05, 0.1) is 16.0 Å². The van der Waals surface area contributed by atoms with Gasteiger partial charge in [-0.2, -0.15) is 0 Å². The smallest absolute Gasteiger partial charge is 0.343 e. The van der Waals surface area contributed by atoms with E-state index in [9.17, 15) is 9.59 Å². The Hall–Kier alpha value is -2.59. The predicted octanol–water partition coefficient (Wildman–Crippen LogP) is 5.38. The quantitative estimate of drug-likeness (QED) is 0.423. The summed E-state index contributed by atoms with van der Waals surface area (Å²) in [5.74, 6) is 0.191. The summed E-state index contributed by atoms with van der Waals surface area (Å²) in [6.45, 7) is 4.08. The maximum absolute atomic E-state index is 12.6. The second kappa shape index (κ2) is 8.40. The van der Waals surface area contributed by atoms with E-state index in [4.69, 9.17) is 20.8 Å². The van der Waals surface area contributed by atoms with Crippen LogP contribution in [0.2, 0.25) is 5.02 Å². The summed E-state index contributed by atoms with van der Waals surface area (Å²) in [4.78, 5) is 25.0. The Bertz CT molecular complexity index is 1010. The summed E-state index contributed by atoms with van der Waals surface area (Å²) in [5, 5.41) is 0.819. The molecule has 0 aliphatic carbocycles. The molecule has 0 radical (unpaired) electrons. The Morgan fingerprint density at radius 2 is 1.85 bits per heavy atom. The van der Waals surface area contributed by atoms with E-state index in [-0.39, 0.29) is 24.6 Å². The molecular formula is C22H21ClO4. The van der Waals surface area contributed by atoms with Crippen molar-refractivity contribution in [1.82, 2.24) is 0 Å². The number of carbonyl (C=O) groups is 1. The minimum absolute atomic E-state index is 0.199. The molecule has 1 heterocycles. The third-order valence-corrected chi connectivity index (χ3v) is 4.61. The zero-order valence-electron chi connectivity index (χ0n) is 15.3. The van der Waals surface area contributed by atoms with Crippen LogP contribution in [0.15, 0.2) is 57.7 Å². The van der Waals surface area contributed by atoms with Gasteiger partial charge in [0, 0.05) is 12.8 Å². The van der Waals surface area contributed by atoms with E-state index < -0.39 is 5.63 Å². The number of benzene rings is 2. The van der Waals surface area contributed by atoms with Crippen molar-refractivity contribution in [2.75, 3.05) is 0 Å². The van der Waals surface area contributed by atoms with Gasteiger partial charge in [0.1, 0.15) is 5.58 Å². The number of hydrogen-bond acceptors (Lipinski definition) is 4. The first kappa shape index (κ1) is 19.2. The molecule has 0 bridgehead atoms. The monoisotopic (exact) mass is 384 g/mol. The Balaban J connectivity index is 2.09. The third-order valence-electron chi connectivity index (χ3n) is 4.29. The summed E-state index contributed by atoms with van der Waals surface area (Å²) in [5.41, 5.74) is 0.978. The molecule has 2 aromatic carbocycles. The van der Waals surface area contributed by atoms with Gasteiger partial charge >= 0.3 is 11.6 Å². The number of carbonyl (C=O) groups excluding carboxylic acids is 1. The second-order valence-electron chi connectivity index (χ2n) is 6.88. The fraction of sp³-hybridized carbons (Fsp3) is 0.273. The molecular weight excluding hydrogens is 364 g/mol. The number of halogens is 1. The molecule has 0 aliphatic rings. The van der Waals surface area contributed by atoms with Crippen molar-refractivity contribution < 1.29 is 13.9 Å². The van der Waals surface area contributed by atoms with Gasteiger partial charge in [0.15, 0.2) is 5.75 Å². The van der Waals surface area contributed by atoms with Crippen LogP contribution in [0.1, 0.15) is 37.8 Å². The van der Waals surface area contributed by atoms with Crippen molar-refractivity contribution >= 4 is 28.5 Å². The number of rotatable bonds is 6. The van der Waals surface area contributed by atoms with E-state index in [2.05, 4.69) is 0 Å². The Morgan fingerprint density at radius 1 is 1.11 bits per heavy atom. The third kappa shape index (κ3) is 4.58. The summed E-state index contributed by atoms with van der Waals surface area (Å²) in [7, 11) is 0. The van der Waals surface area contributed by atoms with Crippen molar-refractivity contribution in [2.45, 2.75) is 33.1 Å². The van der Waals surface area contributed by atoms with Crippen molar-refractivity contribution in [3.05, 3.63) is 75.1 Å². The highest BCUT2D eigenvalue weighted by Gasteiger charge is 2.21. The summed E-state index contributed by atoms with van der Waals surface area (Å²) in [6.07, 6.45) is 1.27. The van der Waals surface area contributed by atoms with Gasteiger partial charge in [-0.1, -0.05) is 61.8 Å². The van der Waals surface area contributed by atoms with Gasteiger partial charge in [-0.05, 0) is 30.0 Å². The molecule has 0 saturated carbocycles. The fourth-order valence-electron chi connectivity index (χ4n) is 2.85. The van der Waals surface area contributed by atoms with Crippen LogP contribution in [0.4, 0.5) is 0 Å². The standard InChI is InChI=1S/C22H21ClO4/c1-14(2)11-12-19(24)27-21-16(13-15-7-4-3-5-8-15)22(25)26-18-10-6-9-17(23)20(18)21/h3-10,14H,11-13H2,1-2H3. The minimum Gasteiger partial charge on any atom is -0.425 e. The van der Waals surface area contributed by atoms with Crippen LogP contribution >= 0.6 is 11.6 Å². The van der Waals surface area contributed by atoms with Gasteiger partial charge in [-0.25, -0.2) is 4.79 Å². The first-order valence-electron chi connectivity index (χ1n) is 8.94. The topological polar surface area (TPSA) is 56.5 Å². The van der Waals surface area contributed by atoms with E-state index in [0.29, 0.717) is 33.9 Å². The van der Waals surface area contributed by atoms with Crippen molar-refractivity contribution in [2.24, 2.45) is 5.92 Å². The van der Waals surface area contributed by atoms with Crippen LogP contribution in [0, 0.1) is 5.92 Å². The normalized spacial score (nSPS) is 11.1. The molecule has 3 rings (SSSR count). The molecule has 0 amide bonds. The molecule has 0 spiro atoms. The van der Waals surface area contributed by atoms with Gasteiger partial charge in [-0.15, -0.1) is 0 Å². The highest BCUT2D eigenvalue weighted by molar-refractivity contribution is 6.35. The zero-order chi connectivity index (χ0) is 19.4. The second-order valence-corrected chi connectivity index (χ2v) is 7.29. The average molecular weight is 385 g/mol. The van der Waals surface area contributed by atoms with E-state index in [0.717, 1.165) is 5.56 Å². The SMILES string of the molecule is CC(C)CCC(=O)Oc1c(Cc2ccccc2)c(=O)oc2cccc(Cl)c12. The molecule has 4 nitrogen and oxygen atoms in total. The molecule has 1 aromatic heterocycles. The molecule has 5 heteroatoms. The fourth-order valence-corrected chi connectivity index (χ4v) is 3.10. The van der Waals surface area contributed by atoms with Gasteiger partial charge in [0.25, 0.3) is 0 Å². The van der Waals surface area contributed by atoms with Crippen LogP contribution in [-0.2, 0) is 11.2 Å². The molecule has 0 fully saturated rings.